The maximum absolute atomic E-state index is 11.8. The normalized spacial score (nSPS) is 10.6. The maximum atomic E-state index is 11.8. The van der Waals surface area contributed by atoms with E-state index in [1.165, 1.54) is 11.8 Å². The topological polar surface area (TPSA) is 70.7 Å². The van der Waals surface area contributed by atoms with Crippen LogP contribution in [0.1, 0.15) is 0 Å². The zero-order valence-electron chi connectivity index (χ0n) is 10.5. The van der Waals surface area contributed by atoms with Crippen LogP contribution in [0.25, 0.3) is 11.2 Å². The summed E-state index contributed by atoms with van der Waals surface area (Å²) in [6.07, 6.45) is 1.71. The van der Waals surface area contributed by atoms with Crippen LogP contribution < -0.4 is 5.32 Å². The number of benzene rings is 1. The highest BCUT2D eigenvalue weighted by molar-refractivity contribution is 7.99. The number of carbonyl (C=O) groups is 1. The molecular formula is C14H12N4OS. The first-order valence-electron chi connectivity index (χ1n) is 6.10. The first-order valence-corrected chi connectivity index (χ1v) is 7.08. The van der Waals surface area contributed by atoms with Crippen LogP contribution >= 0.6 is 11.8 Å². The van der Waals surface area contributed by atoms with Crippen LogP contribution in [0.4, 0.5) is 5.69 Å². The molecule has 1 aromatic carbocycles. The van der Waals surface area contributed by atoms with Crippen molar-refractivity contribution in [2.24, 2.45) is 0 Å². The summed E-state index contributed by atoms with van der Waals surface area (Å²) < 4.78 is 0. The van der Waals surface area contributed by atoms with E-state index in [4.69, 9.17) is 0 Å². The van der Waals surface area contributed by atoms with Crippen LogP contribution in [0.15, 0.2) is 53.8 Å². The summed E-state index contributed by atoms with van der Waals surface area (Å²) in [4.78, 5) is 23.4. The first-order chi connectivity index (χ1) is 9.81. The largest absolute Gasteiger partial charge is 0.325 e. The summed E-state index contributed by atoms with van der Waals surface area (Å²) in [7, 11) is 0. The number of fused-ring (bicyclic) bond motifs is 1. The van der Waals surface area contributed by atoms with E-state index in [9.17, 15) is 4.79 Å². The lowest BCUT2D eigenvalue weighted by atomic mass is 10.3. The molecule has 0 aliphatic rings. The number of nitrogens with zero attached hydrogens (tertiary/aromatic N) is 2. The Balaban J connectivity index is 1.60. The smallest absolute Gasteiger partial charge is 0.234 e. The maximum Gasteiger partial charge on any atom is 0.234 e. The Labute approximate surface area is 119 Å². The summed E-state index contributed by atoms with van der Waals surface area (Å²) in [5.74, 6) is 0.240. The second-order valence-corrected chi connectivity index (χ2v) is 5.08. The van der Waals surface area contributed by atoms with Crippen molar-refractivity contribution < 1.29 is 4.79 Å². The number of anilines is 1. The van der Waals surface area contributed by atoms with Crippen LogP contribution in [0.3, 0.4) is 0 Å². The molecule has 0 fully saturated rings. The summed E-state index contributed by atoms with van der Waals surface area (Å²) in [6.45, 7) is 0. The lowest BCUT2D eigenvalue weighted by Crippen LogP contribution is -2.13. The van der Waals surface area contributed by atoms with Crippen LogP contribution in [0.2, 0.25) is 0 Å². The molecule has 0 unspecified atom stereocenters. The van der Waals surface area contributed by atoms with Crippen molar-refractivity contribution in [2.75, 3.05) is 11.1 Å². The van der Waals surface area contributed by atoms with Crippen molar-refractivity contribution in [1.29, 1.82) is 0 Å². The lowest BCUT2D eigenvalue weighted by molar-refractivity contribution is -0.113. The molecular weight excluding hydrogens is 272 g/mol. The third kappa shape index (κ3) is 2.97. The molecule has 0 aliphatic heterocycles. The highest BCUT2D eigenvalue weighted by atomic mass is 32.2. The van der Waals surface area contributed by atoms with Crippen LogP contribution in [-0.2, 0) is 4.79 Å². The number of para-hydroxylation sites is 1. The Bertz CT molecular complexity index is 693. The number of imidazole rings is 1. The van der Waals surface area contributed by atoms with Crippen LogP contribution in [-0.4, -0.2) is 26.6 Å². The van der Waals surface area contributed by atoms with Gasteiger partial charge in [0.2, 0.25) is 5.91 Å². The molecule has 0 saturated heterocycles. The molecule has 2 heterocycles. The highest BCUT2D eigenvalue weighted by Gasteiger charge is 2.07. The van der Waals surface area contributed by atoms with Crippen LogP contribution in [0, 0.1) is 0 Å². The SMILES string of the molecule is O=C(CSc1nc2cccnc2[nH]1)Nc1ccccc1. The number of carbonyl (C=O) groups excluding carboxylic acids is 1. The monoisotopic (exact) mass is 284 g/mol. The molecule has 0 radical (unpaired) electrons. The van der Waals surface area contributed by atoms with Crippen molar-refractivity contribution >= 4 is 34.5 Å². The Morgan fingerprint density at radius 1 is 1.20 bits per heavy atom. The third-order valence-corrected chi connectivity index (χ3v) is 3.50. The summed E-state index contributed by atoms with van der Waals surface area (Å²) in [6, 6.07) is 13.1. The van der Waals surface area contributed by atoms with E-state index < -0.39 is 0 Å². The second kappa shape index (κ2) is 5.75. The highest BCUT2D eigenvalue weighted by Crippen LogP contribution is 2.18. The van der Waals surface area contributed by atoms with Gasteiger partial charge in [-0.2, -0.15) is 0 Å². The summed E-state index contributed by atoms with van der Waals surface area (Å²) >= 11 is 1.35. The minimum atomic E-state index is -0.0605. The Kier molecular flexibility index (Phi) is 3.64. The molecule has 0 saturated carbocycles. The molecule has 5 nitrogen and oxygen atoms in total. The quantitative estimate of drug-likeness (QED) is 0.723. The van der Waals surface area contributed by atoms with Gasteiger partial charge in [-0.3, -0.25) is 4.79 Å². The van der Waals surface area contributed by atoms with Gasteiger partial charge in [0.15, 0.2) is 10.8 Å². The molecule has 100 valence electrons. The number of aromatic amines is 1. The van der Waals surface area contributed by atoms with Gasteiger partial charge in [0, 0.05) is 11.9 Å². The number of aromatic nitrogens is 3. The molecule has 0 bridgehead atoms. The fraction of sp³-hybridized carbons (Fsp3) is 0.0714. The van der Waals surface area contributed by atoms with Gasteiger partial charge in [-0.15, -0.1) is 0 Å². The molecule has 6 heteroatoms. The number of amides is 1. The number of hydrogen-bond donors (Lipinski definition) is 2. The van der Waals surface area contributed by atoms with E-state index >= 15 is 0 Å². The van der Waals surface area contributed by atoms with Gasteiger partial charge in [0.1, 0.15) is 5.52 Å². The third-order valence-electron chi connectivity index (χ3n) is 2.63. The minimum absolute atomic E-state index is 0.0605. The summed E-state index contributed by atoms with van der Waals surface area (Å²) in [5, 5.41) is 3.53. The predicted octanol–water partition coefficient (Wildman–Crippen LogP) is 2.69. The fourth-order valence-corrected chi connectivity index (χ4v) is 2.41. The Morgan fingerprint density at radius 3 is 2.85 bits per heavy atom. The molecule has 3 rings (SSSR count). The molecule has 0 aliphatic carbocycles. The number of pyridine rings is 1. The standard InChI is InChI=1S/C14H12N4OS/c19-12(16-10-5-2-1-3-6-10)9-20-14-17-11-7-4-8-15-13(11)18-14/h1-8H,9H2,(H,16,19)(H,15,17,18). The van der Waals surface area contributed by atoms with E-state index in [-0.39, 0.29) is 5.91 Å². The number of H-pyrrole nitrogens is 1. The average Bonchev–Trinajstić information content (AvgIpc) is 2.89. The fourth-order valence-electron chi connectivity index (χ4n) is 1.74. The lowest BCUT2D eigenvalue weighted by Gasteiger charge is -2.03. The van der Waals surface area contributed by atoms with E-state index in [1.807, 2.05) is 42.5 Å². The van der Waals surface area contributed by atoms with E-state index in [1.54, 1.807) is 6.20 Å². The van der Waals surface area contributed by atoms with Gasteiger partial charge in [-0.05, 0) is 24.3 Å². The van der Waals surface area contributed by atoms with Gasteiger partial charge < -0.3 is 10.3 Å². The minimum Gasteiger partial charge on any atom is -0.325 e. The Hall–Kier alpha value is -2.34. The molecule has 1 amide bonds. The van der Waals surface area contributed by atoms with Crippen LogP contribution in [0.5, 0.6) is 0 Å². The number of thioether (sulfide) groups is 1. The van der Waals surface area contributed by atoms with Gasteiger partial charge in [-0.1, -0.05) is 30.0 Å². The van der Waals surface area contributed by atoms with Gasteiger partial charge in [-0.25, -0.2) is 9.97 Å². The van der Waals surface area contributed by atoms with Gasteiger partial charge in [0.25, 0.3) is 0 Å². The van der Waals surface area contributed by atoms with Gasteiger partial charge >= 0.3 is 0 Å². The molecule has 3 aromatic rings. The second-order valence-electron chi connectivity index (χ2n) is 4.12. The average molecular weight is 284 g/mol. The molecule has 2 N–H and O–H groups in total. The van der Waals surface area contributed by atoms with E-state index in [0.717, 1.165) is 16.9 Å². The first kappa shape index (κ1) is 12.7. The van der Waals surface area contributed by atoms with Crippen molar-refractivity contribution in [3.05, 3.63) is 48.7 Å². The molecule has 20 heavy (non-hydrogen) atoms. The number of nitrogens with one attached hydrogen (secondary N) is 2. The molecule has 0 atom stereocenters. The number of rotatable bonds is 4. The molecule has 2 aromatic heterocycles. The van der Waals surface area contributed by atoms with E-state index in [0.29, 0.717) is 10.9 Å². The van der Waals surface area contributed by atoms with E-state index in [2.05, 4.69) is 20.3 Å². The molecule has 0 spiro atoms. The zero-order chi connectivity index (χ0) is 13.8. The Morgan fingerprint density at radius 2 is 2.05 bits per heavy atom. The van der Waals surface area contributed by atoms with Crippen molar-refractivity contribution in [2.45, 2.75) is 5.16 Å². The zero-order valence-corrected chi connectivity index (χ0v) is 11.4. The predicted molar refractivity (Wildman–Crippen MR) is 79.7 cm³/mol. The van der Waals surface area contributed by atoms with Crippen molar-refractivity contribution in [3.63, 3.8) is 0 Å². The van der Waals surface area contributed by atoms with Crippen molar-refractivity contribution in [1.82, 2.24) is 15.0 Å². The summed E-state index contributed by atoms with van der Waals surface area (Å²) in [5.41, 5.74) is 2.33. The number of hydrogen-bond acceptors (Lipinski definition) is 4. The van der Waals surface area contributed by atoms with Gasteiger partial charge in [0.05, 0.1) is 5.75 Å². The van der Waals surface area contributed by atoms with Crippen molar-refractivity contribution in [3.8, 4) is 0 Å².